The Morgan fingerprint density at radius 1 is 1.25 bits per heavy atom. The van der Waals surface area contributed by atoms with E-state index in [9.17, 15) is 4.79 Å². The van der Waals surface area contributed by atoms with E-state index in [1.165, 1.54) is 4.90 Å². The van der Waals surface area contributed by atoms with Crippen molar-refractivity contribution in [2.45, 2.75) is 6.42 Å². The van der Waals surface area contributed by atoms with E-state index in [4.69, 9.17) is 10.2 Å². The summed E-state index contributed by atoms with van der Waals surface area (Å²) in [5, 5.41) is 18.9. The predicted molar refractivity (Wildman–Crippen MR) is 80.5 cm³/mol. The summed E-state index contributed by atoms with van der Waals surface area (Å²) in [6.07, 6.45) is 2.08. The highest BCUT2D eigenvalue weighted by atomic mass is 79.9. The number of aromatic amines is 1. The third-order valence-corrected chi connectivity index (χ3v) is 3.66. The van der Waals surface area contributed by atoms with Gasteiger partial charge in [0.1, 0.15) is 0 Å². The number of H-pyrrole nitrogens is 1. The summed E-state index contributed by atoms with van der Waals surface area (Å²) in [4.78, 5) is 16.8. The van der Waals surface area contributed by atoms with Crippen molar-refractivity contribution in [3.8, 4) is 0 Å². The van der Waals surface area contributed by atoms with Crippen molar-refractivity contribution in [2.24, 2.45) is 0 Å². The number of hydrogen-bond donors (Lipinski definition) is 3. The van der Waals surface area contributed by atoms with Gasteiger partial charge in [-0.25, -0.2) is 0 Å². The van der Waals surface area contributed by atoms with Crippen LogP contribution < -0.4 is 0 Å². The Kier molecular flexibility index (Phi) is 5.17. The van der Waals surface area contributed by atoms with Crippen molar-refractivity contribution in [1.29, 1.82) is 0 Å². The summed E-state index contributed by atoms with van der Waals surface area (Å²) >= 11 is 3.41. The monoisotopic (exact) mass is 340 g/mol. The lowest BCUT2D eigenvalue weighted by Crippen LogP contribution is -2.36. The van der Waals surface area contributed by atoms with Gasteiger partial charge in [-0.05, 0) is 17.7 Å². The average Bonchev–Trinajstić information content (AvgIpc) is 2.80. The maximum absolute atomic E-state index is 12.2. The molecule has 108 valence electrons. The van der Waals surface area contributed by atoms with Crippen LogP contribution in [0.25, 0.3) is 10.9 Å². The quantitative estimate of drug-likeness (QED) is 0.741. The van der Waals surface area contributed by atoms with Crippen LogP contribution in [0.15, 0.2) is 28.9 Å². The van der Waals surface area contributed by atoms with E-state index in [-0.39, 0.29) is 38.6 Å². The van der Waals surface area contributed by atoms with Crippen LogP contribution in [0.2, 0.25) is 0 Å². The van der Waals surface area contributed by atoms with Crippen molar-refractivity contribution in [1.82, 2.24) is 9.88 Å². The van der Waals surface area contributed by atoms with Crippen molar-refractivity contribution < 1.29 is 15.0 Å². The van der Waals surface area contributed by atoms with Crippen LogP contribution in [0.1, 0.15) is 5.56 Å². The molecule has 0 atom stereocenters. The fourth-order valence-corrected chi connectivity index (χ4v) is 2.54. The first-order valence-electron chi connectivity index (χ1n) is 6.40. The highest BCUT2D eigenvalue weighted by molar-refractivity contribution is 9.10. The van der Waals surface area contributed by atoms with E-state index >= 15 is 0 Å². The van der Waals surface area contributed by atoms with Crippen LogP contribution in [0.3, 0.4) is 0 Å². The van der Waals surface area contributed by atoms with Gasteiger partial charge >= 0.3 is 0 Å². The van der Waals surface area contributed by atoms with Crippen LogP contribution in [0.4, 0.5) is 0 Å². The van der Waals surface area contributed by atoms with Crippen LogP contribution in [-0.2, 0) is 11.2 Å². The molecule has 2 rings (SSSR count). The zero-order chi connectivity index (χ0) is 14.5. The number of hydrogen-bond acceptors (Lipinski definition) is 3. The third-order valence-electron chi connectivity index (χ3n) is 3.16. The highest BCUT2D eigenvalue weighted by Crippen LogP contribution is 2.23. The van der Waals surface area contributed by atoms with Gasteiger partial charge in [0, 0.05) is 34.7 Å². The van der Waals surface area contributed by atoms with Gasteiger partial charge in [0.05, 0.1) is 19.6 Å². The van der Waals surface area contributed by atoms with Gasteiger partial charge in [-0.15, -0.1) is 0 Å². The minimum atomic E-state index is -0.105. The van der Waals surface area contributed by atoms with Crippen molar-refractivity contribution in [2.75, 3.05) is 26.3 Å². The first kappa shape index (κ1) is 15.0. The van der Waals surface area contributed by atoms with Crippen molar-refractivity contribution >= 4 is 32.7 Å². The molecule has 0 aliphatic heterocycles. The zero-order valence-electron chi connectivity index (χ0n) is 11.0. The van der Waals surface area contributed by atoms with Crippen molar-refractivity contribution in [3.63, 3.8) is 0 Å². The second kappa shape index (κ2) is 6.88. The number of aromatic nitrogens is 1. The van der Waals surface area contributed by atoms with Crippen LogP contribution in [0, 0.1) is 0 Å². The molecule has 0 spiro atoms. The second-order valence-corrected chi connectivity index (χ2v) is 5.42. The molecule has 1 heterocycles. The Labute approximate surface area is 125 Å². The lowest BCUT2D eigenvalue weighted by molar-refractivity contribution is -0.131. The molecule has 0 radical (unpaired) electrons. The van der Waals surface area contributed by atoms with Gasteiger partial charge in [0.2, 0.25) is 5.91 Å². The molecule has 0 aliphatic carbocycles. The molecule has 0 unspecified atom stereocenters. The molecular formula is C14H17BrN2O3. The van der Waals surface area contributed by atoms with E-state index < -0.39 is 0 Å². The van der Waals surface area contributed by atoms with Crippen molar-refractivity contribution in [3.05, 3.63) is 34.4 Å². The molecule has 0 saturated carbocycles. The highest BCUT2D eigenvalue weighted by Gasteiger charge is 2.15. The summed E-state index contributed by atoms with van der Waals surface area (Å²) in [5.74, 6) is -0.100. The Hall–Kier alpha value is -1.37. The minimum absolute atomic E-state index is 0.100. The first-order chi connectivity index (χ1) is 9.65. The lowest BCUT2D eigenvalue weighted by atomic mass is 10.1. The molecule has 0 fully saturated rings. The Balaban J connectivity index is 2.16. The number of halogens is 1. The molecule has 5 nitrogen and oxygen atoms in total. The minimum Gasteiger partial charge on any atom is -0.395 e. The molecule has 1 aromatic carbocycles. The van der Waals surface area contributed by atoms with Gasteiger partial charge in [0.15, 0.2) is 0 Å². The van der Waals surface area contributed by atoms with E-state index in [0.29, 0.717) is 0 Å². The van der Waals surface area contributed by atoms with Crippen LogP contribution in [-0.4, -0.2) is 52.3 Å². The summed E-state index contributed by atoms with van der Waals surface area (Å²) < 4.78 is 0.979. The van der Waals surface area contributed by atoms with Gasteiger partial charge in [-0.2, -0.15) is 0 Å². The maximum Gasteiger partial charge on any atom is 0.227 e. The molecular weight excluding hydrogens is 324 g/mol. The van der Waals surface area contributed by atoms with E-state index in [2.05, 4.69) is 20.9 Å². The van der Waals surface area contributed by atoms with Crippen LogP contribution >= 0.6 is 15.9 Å². The molecule has 6 heteroatoms. The fourth-order valence-electron chi connectivity index (χ4n) is 2.18. The fraction of sp³-hybridized carbons (Fsp3) is 0.357. The molecule has 2 aromatic rings. The maximum atomic E-state index is 12.2. The Morgan fingerprint density at radius 2 is 1.95 bits per heavy atom. The van der Waals surface area contributed by atoms with Gasteiger partial charge < -0.3 is 20.1 Å². The number of benzene rings is 1. The summed E-state index contributed by atoms with van der Waals surface area (Å²) in [7, 11) is 0. The molecule has 0 bridgehead atoms. The second-order valence-electron chi connectivity index (χ2n) is 4.51. The summed E-state index contributed by atoms with van der Waals surface area (Å²) in [6, 6.07) is 5.85. The number of carbonyl (C=O) groups excluding carboxylic acids is 1. The van der Waals surface area contributed by atoms with E-state index in [0.717, 1.165) is 20.9 Å². The van der Waals surface area contributed by atoms with Gasteiger partial charge in [-0.3, -0.25) is 4.79 Å². The molecule has 1 aromatic heterocycles. The standard InChI is InChI=1S/C14H17BrN2O3/c15-11-1-2-12-10(9-16-13(12)8-11)7-14(20)17(3-5-18)4-6-19/h1-2,8-9,16,18-19H,3-7H2. The lowest BCUT2D eigenvalue weighted by Gasteiger charge is -2.20. The molecule has 0 aliphatic rings. The van der Waals surface area contributed by atoms with Gasteiger partial charge in [-0.1, -0.05) is 22.0 Å². The number of nitrogens with one attached hydrogen (secondary N) is 1. The number of carbonyl (C=O) groups is 1. The number of rotatable bonds is 6. The number of aliphatic hydroxyl groups excluding tert-OH is 2. The first-order valence-corrected chi connectivity index (χ1v) is 7.20. The average molecular weight is 341 g/mol. The predicted octanol–water partition coefficient (Wildman–Crippen LogP) is 1.29. The smallest absolute Gasteiger partial charge is 0.227 e. The van der Waals surface area contributed by atoms with E-state index in [1.54, 1.807) is 0 Å². The Bertz CT molecular complexity index is 591. The molecule has 3 N–H and O–H groups in total. The zero-order valence-corrected chi connectivity index (χ0v) is 12.6. The normalized spacial score (nSPS) is 10.9. The Morgan fingerprint density at radius 3 is 2.60 bits per heavy atom. The third kappa shape index (κ3) is 3.39. The van der Waals surface area contributed by atoms with Crippen LogP contribution in [0.5, 0.6) is 0 Å². The molecule has 1 amide bonds. The number of fused-ring (bicyclic) bond motifs is 1. The number of aliphatic hydroxyl groups is 2. The number of nitrogens with zero attached hydrogens (tertiary/aromatic N) is 1. The van der Waals surface area contributed by atoms with Gasteiger partial charge in [0.25, 0.3) is 0 Å². The summed E-state index contributed by atoms with van der Waals surface area (Å²) in [5.41, 5.74) is 1.89. The summed E-state index contributed by atoms with van der Waals surface area (Å²) in [6.45, 7) is 0.278. The molecule has 20 heavy (non-hydrogen) atoms. The van der Waals surface area contributed by atoms with E-state index in [1.807, 2.05) is 24.4 Å². The topological polar surface area (TPSA) is 76.6 Å². The SMILES string of the molecule is O=C(Cc1c[nH]c2cc(Br)ccc12)N(CCO)CCO. The largest absolute Gasteiger partial charge is 0.395 e. The number of amides is 1. The molecule has 0 saturated heterocycles.